The van der Waals surface area contributed by atoms with Gasteiger partial charge in [-0.2, -0.15) is 5.10 Å². The number of non-ortho nitro benzene ring substituents is 1. The summed E-state index contributed by atoms with van der Waals surface area (Å²) in [5, 5.41) is 14.9. The van der Waals surface area contributed by atoms with Gasteiger partial charge in [0, 0.05) is 38.5 Å². The van der Waals surface area contributed by atoms with Crippen molar-refractivity contribution in [3.05, 3.63) is 51.8 Å². The molecule has 1 saturated heterocycles. The number of nitro groups is 1. The number of amides is 1. The maximum atomic E-state index is 12.7. The number of aliphatic imine (C=N–C) groups is 1. The van der Waals surface area contributed by atoms with E-state index in [0.29, 0.717) is 43.2 Å². The molecule has 9 heteroatoms. The summed E-state index contributed by atoms with van der Waals surface area (Å²) >= 11 is 0. The lowest BCUT2D eigenvalue weighted by Crippen LogP contribution is -2.41. The highest BCUT2D eigenvalue weighted by Crippen LogP contribution is 2.21. The molecule has 1 aromatic carbocycles. The van der Waals surface area contributed by atoms with Gasteiger partial charge in [-0.05, 0) is 5.56 Å². The second kappa shape index (κ2) is 7.22. The molecule has 1 fully saturated rings. The van der Waals surface area contributed by atoms with Crippen molar-refractivity contribution in [2.75, 3.05) is 26.3 Å². The molecular formula is C16H17N5O4. The molecule has 0 atom stereocenters. The minimum absolute atomic E-state index is 0.0141. The number of carbonyl (C=O) groups excluding carboxylic acids is 1. The Morgan fingerprint density at radius 3 is 2.88 bits per heavy atom. The normalized spacial score (nSPS) is 14.8. The summed E-state index contributed by atoms with van der Waals surface area (Å²) in [5.74, 6) is -0.158. The van der Waals surface area contributed by atoms with Gasteiger partial charge in [-0.25, -0.2) is 0 Å². The summed E-state index contributed by atoms with van der Waals surface area (Å²) in [4.78, 5) is 29.1. The van der Waals surface area contributed by atoms with Crippen LogP contribution < -0.4 is 0 Å². The number of carbonyl (C=O) groups is 1. The lowest BCUT2D eigenvalue weighted by Gasteiger charge is -2.26. The highest BCUT2D eigenvalue weighted by molar-refractivity contribution is 5.98. The zero-order valence-electron chi connectivity index (χ0n) is 13.7. The first-order valence-electron chi connectivity index (χ1n) is 7.74. The van der Waals surface area contributed by atoms with Crippen molar-refractivity contribution in [3.63, 3.8) is 0 Å². The van der Waals surface area contributed by atoms with Crippen LogP contribution in [0.25, 0.3) is 0 Å². The van der Waals surface area contributed by atoms with Gasteiger partial charge in [0.15, 0.2) is 5.69 Å². The van der Waals surface area contributed by atoms with Gasteiger partial charge >= 0.3 is 0 Å². The molecule has 1 aliphatic heterocycles. The van der Waals surface area contributed by atoms with Crippen molar-refractivity contribution in [2.24, 2.45) is 12.0 Å². The van der Waals surface area contributed by atoms with Crippen molar-refractivity contribution in [1.82, 2.24) is 14.7 Å². The molecule has 0 spiro atoms. The molecule has 1 aromatic heterocycles. The van der Waals surface area contributed by atoms with Crippen LogP contribution in [0.15, 0.2) is 35.5 Å². The molecule has 130 valence electrons. The van der Waals surface area contributed by atoms with Crippen LogP contribution in [0.4, 0.5) is 11.4 Å². The molecule has 0 N–H and O–H groups in total. The van der Waals surface area contributed by atoms with E-state index in [4.69, 9.17) is 4.74 Å². The number of hydrogen-bond acceptors (Lipinski definition) is 6. The van der Waals surface area contributed by atoms with Crippen LogP contribution in [-0.4, -0.2) is 58.0 Å². The molecule has 1 amide bonds. The highest BCUT2D eigenvalue weighted by Gasteiger charge is 2.24. The Bertz CT molecular complexity index is 824. The number of hydrogen-bond donors (Lipinski definition) is 0. The van der Waals surface area contributed by atoms with Gasteiger partial charge in [0.25, 0.3) is 11.6 Å². The Hall–Kier alpha value is -3.07. The average Bonchev–Trinajstić information content (AvgIpc) is 3.01. The number of nitro benzene ring substituents is 1. The third kappa shape index (κ3) is 3.72. The first-order chi connectivity index (χ1) is 12.1. The summed E-state index contributed by atoms with van der Waals surface area (Å²) in [7, 11) is 1.68. The summed E-state index contributed by atoms with van der Waals surface area (Å²) in [5.41, 5.74) is 1.36. The molecule has 0 radical (unpaired) electrons. The fraction of sp³-hybridized carbons (Fsp3) is 0.312. The molecule has 1 aliphatic rings. The molecule has 2 heterocycles. The van der Waals surface area contributed by atoms with Crippen molar-refractivity contribution < 1.29 is 14.5 Å². The minimum atomic E-state index is -0.463. The predicted molar refractivity (Wildman–Crippen MR) is 90.3 cm³/mol. The van der Waals surface area contributed by atoms with Crippen LogP contribution in [0.5, 0.6) is 0 Å². The van der Waals surface area contributed by atoms with E-state index in [0.717, 1.165) is 0 Å². The van der Waals surface area contributed by atoms with Crippen molar-refractivity contribution in [3.8, 4) is 0 Å². The summed E-state index contributed by atoms with van der Waals surface area (Å²) < 4.78 is 6.75. The molecule has 25 heavy (non-hydrogen) atoms. The summed E-state index contributed by atoms with van der Waals surface area (Å²) in [6.45, 7) is 2.07. The smallest absolute Gasteiger partial charge is 0.274 e. The number of nitrogens with zero attached hydrogens (tertiary/aromatic N) is 5. The Balaban J connectivity index is 1.85. The van der Waals surface area contributed by atoms with Gasteiger partial charge in [0.1, 0.15) is 5.69 Å². The van der Waals surface area contributed by atoms with E-state index in [-0.39, 0.29) is 11.6 Å². The molecule has 0 bridgehead atoms. The second-order valence-electron chi connectivity index (χ2n) is 5.52. The van der Waals surface area contributed by atoms with E-state index in [1.807, 2.05) is 0 Å². The number of aromatic nitrogens is 2. The predicted octanol–water partition coefficient (Wildman–Crippen LogP) is 1.55. The Labute approximate surface area is 143 Å². The van der Waals surface area contributed by atoms with Crippen LogP contribution in [0, 0.1) is 10.1 Å². The zero-order valence-corrected chi connectivity index (χ0v) is 13.7. The van der Waals surface area contributed by atoms with E-state index in [1.54, 1.807) is 24.1 Å². The van der Waals surface area contributed by atoms with E-state index in [9.17, 15) is 14.9 Å². The fourth-order valence-electron chi connectivity index (χ4n) is 2.55. The molecule has 2 aromatic rings. The van der Waals surface area contributed by atoms with Crippen LogP contribution in [0.3, 0.4) is 0 Å². The van der Waals surface area contributed by atoms with Crippen LogP contribution in [0.2, 0.25) is 0 Å². The molecular weight excluding hydrogens is 326 g/mol. The molecule has 0 unspecified atom stereocenters. The lowest BCUT2D eigenvalue weighted by atomic mass is 10.2. The lowest BCUT2D eigenvalue weighted by molar-refractivity contribution is -0.384. The summed E-state index contributed by atoms with van der Waals surface area (Å²) in [6, 6.07) is 6.12. The van der Waals surface area contributed by atoms with Gasteiger partial charge in [-0.15, -0.1) is 0 Å². The number of rotatable bonds is 4. The number of aryl methyl sites for hydroxylation is 1. The monoisotopic (exact) mass is 343 g/mol. The molecule has 9 nitrogen and oxygen atoms in total. The van der Waals surface area contributed by atoms with Gasteiger partial charge in [0.2, 0.25) is 0 Å². The van der Waals surface area contributed by atoms with E-state index >= 15 is 0 Å². The topological polar surface area (TPSA) is 103 Å². The Morgan fingerprint density at radius 1 is 1.40 bits per heavy atom. The van der Waals surface area contributed by atoms with Crippen LogP contribution in [-0.2, 0) is 11.8 Å². The third-order valence-electron chi connectivity index (χ3n) is 3.85. The quantitative estimate of drug-likeness (QED) is 0.476. The van der Waals surface area contributed by atoms with Crippen molar-refractivity contribution in [2.45, 2.75) is 0 Å². The fourth-order valence-corrected chi connectivity index (χ4v) is 2.55. The van der Waals surface area contributed by atoms with Gasteiger partial charge in [0.05, 0.1) is 24.3 Å². The second-order valence-corrected chi connectivity index (χ2v) is 5.52. The molecule has 3 rings (SSSR count). The minimum Gasteiger partial charge on any atom is -0.378 e. The van der Waals surface area contributed by atoms with Gasteiger partial charge < -0.3 is 9.64 Å². The number of benzene rings is 1. The average molecular weight is 343 g/mol. The largest absolute Gasteiger partial charge is 0.378 e. The van der Waals surface area contributed by atoms with Crippen LogP contribution in [0.1, 0.15) is 16.1 Å². The maximum Gasteiger partial charge on any atom is 0.274 e. The summed E-state index contributed by atoms with van der Waals surface area (Å²) in [6.07, 6.45) is 2.99. The van der Waals surface area contributed by atoms with Crippen LogP contribution >= 0.6 is 0 Å². The molecule has 0 aliphatic carbocycles. The highest BCUT2D eigenvalue weighted by atomic mass is 16.6. The van der Waals surface area contributed by atoms with Gasteiger partial charge in [-0.3, -0.25) is 24.6 Å². The zero-order chi connectivity index (χ0) is 17.8. The number of morpholine rings is 1. The number of ether oxygens (including phenoxy) is 1. The molecule has 0 saturated carbocycles. The van der Waals surface area contributed by atoms with Crippen molar-refractivity contribution >= 4 is 23.5 Å². The SMILES string of the molecule is Cn1ncc(N=Cc2cccc([N+](=O)[O-])c2)c1C(=O)N1CCOCC1. The van der Waals surface area contributed by atoms with Crippen molar-refractivity contribution in [1.29, 1.82) is 0 Å². The standard InChI is InChI=1S/C16H17N5O4/c1-19-15(16(22)20-5-7-25-8-6-20)14(11-18-19)17-10-12-3-2-4-13(9-12)21(23)24/h2-4,9-11H,5-8H2,1H3. The Morgan fingerprint density at radius 2 is 2.16 bits per heavy atom. The maximum absolute atomic E-state index is 12.7. The van der Waals surface area contributed by atoms with E-state index < -0.39 is 4.92 Å². The van der Waals surface area contributed by atoms with E-state index in [1.165, 1.54) is 29.2 Å². The first-order valence-corrected chi connectivity index (χ1v) is 7.74. The Kier molecular flexibility index (Phi) is 4.85. The first kappa shape index (κ1) is 16.8. The van der Waals surface area contributed by atoms with Gasteiger partial charge in [-0.1, -0.05) is 12.1 Å². The third-order valence-corrected chi connectivity index (χ3v) is 3.85. The van der Waals surface area contributed by atoms with E-state index in [2.05, 4.69) is 10.1 Å².